The van der Waals surface area contributed by atoms with Gasteiger partial charge in [-0.25, -0.2) is 31.4 Å². The molecule has 13 heteroatoms. The number of hydrogen-bond donors (Lipinski definition) is 1. The first-order chi connectivity index (χ1) is 18.3. The Bertz CT molecular complexity index is 1640. The summed E-state index contributed by atoms with van der Waals surface area (Å²) in [5, 5.41) is 3.95. The molecule has 2 aromatic heterocycles. The molecular formula is C26H22F5N5O2S. The lowest BCUT2D eigenvalue weighted by Gasteiger charge is -2.11. The zero-order chi connectivity index (χ0) is 28.4. The third kappa shape index (κ3) is 6.59. The van der Waals surface area contributed by atoms with Crippen LogP contribution in [0.5, 0.6) is 0 Å². The summed E-state index contributed by atoms with van der Waals surface area (Å²) in [6, 6.07) is 10.9. The van der Waals surface area contributed by atoms with Crippen LogP contribution in [0.15, 0.2) is 65.7 Å². The van der Waals surface area contributed by atoms with Crippen molar-refractivity contribution >= 4 is 15.7 Å². The van der Waals surface area contributed by atoms with E-state index >= 15 is 0 Å². The lowest BCUT2D eigenvalue weighted by atomic mass is 10.1. The van der Waals surface area contributed by atoms with Crippen molar-refractivity contribution in [3.63, 3.8) is 0 Å². The zero-order valence-electron chi connectivity index (χ0n) is 20.7. The molecule has 0 atom stereocenters. The summed E-state index contributed by atoms with van der Waals surface area (Å²) in [6.45, 7) is 0.776. The number of nitrogens with one attached hydrogen (secondary N) is 1. The molecule has 0 amide bonds. The van der Waals surface area contributed by atoms with Gasteiger partial charge in [0.05, 0.1) is 27.9 Å². The molecule has 39 heavy (non-hydrogen) atoms. The summed E-state index contributed by atoms with van der Waals surface area (Å²) in [5.41, 5.74) is -0.476. The Balaban J connectivity index is 1.64. The number of fused-ring (bicyclic) bond motifs is 1. The zero-order valence-corrected chi connectivity index (χ0v) is 21.5. The molecule has 0 fully saturated rings. The van der Waals surface area contributed by atoms with Crippen molar-refractivity contribution in [2.24, 2.45) is 0 Å². The largest absolute Gasteiger partial charge is 0.416 e. The van der Waals surface area contributed by atoms with Gasteiger partial charge < -0.3 is 4.90 Å². The first kappa shape index (κ1) is 28.2. The predicted octanol–water partition coefficient (Wildman–Crippen LogP) is 4.59. The van der Waals surface area contributed by atoms with Crippen LogP contribution in [0.25, 0.3) is 16.9 Å². The highest BCUT2D eigenvalue weighted by molar-refractivity contribution is 7.89. The Kier molecular flexibility index (Phi) is 8.01. The molecule has 0 saturated carbocycles. The third-order valence-corrected chi connectivity index (χ3v) is 7.07. The number of hydrogen-bond acceptors (Lipinski definition) is 5. The van der Waals surface area contributed by atoms with Crippen LogP contribution >= 0.6 is 0 Å². The summed E-state index contributed by atoms with van der Waals surface area (Å²) in [4.78, 5) is 6.23. The van der Waals surface area contributed by atoms with E-state index in [1.54, 1.807) is 0 Å². The first-order valence-electron chi connectivity index (χ1n) is 11.5. The van der Waals surface area contributed by atoms with Gasteiger partial charge in [-0.2, -0.15) is 18.3 Å². The highest BCUT2D eigenvalue weighted by Crippen LogP contribution is 2.32. The summed E-state index contributed by atoms with van der Waals surface area (Å²) >= 11 is 0. The number of nitrogens with zero attached hydrogens (tertiary/aromatic N) is 4. The molecule has 2 heterocycles. The fourth-order valence-electron chi connectivity index (χ4n) is 3.55. The Labute approximate surface area is 221 Å². The highest BCUT2D eigenvalue weighted by Gasteiger charge is 2.30. The number of rotatable bonds is 7. The molecule has 0 aliphatic heterocycles. The summed E-state index contributed by atoms with van der Waals surface area (Å²) in [6.07, 6.45) is -6.22. The van der Waals surface area contributed by atoms with E-state index < -0.39 is 33.9 Å². The van der Waals surface area contributed by atoms with E-state index in [2.05, 4.69) is 26.6 Å². The average molecular weight is 564 g/mol. The summed E-state index contributed by atoms with van der Waals surface area (Å²) < 4.78 is 94.6. The second-order valence-corrected chi connectivity index (χ2v) is 10.5. The molecular weight excluding hydrogens is 541 g/mol. The van der Waals surface area contributed by atoms with Crippen LogP contribution in [0.1, 0.15) is 28.8 Å². The van der Waals surface area contributed by atoms with Crippen molar-refractivity contribution in [3.8, 4) is 23.1 Å². The summed E-state index contributed by atoms with van der Waals surface area (Å²) in [5.74, 6) is 5.63. The van der Waals surface area contributed by atoms with Gasteiger partial charge in [-0.3, -0.25) is 0 Å². The van der Waals surface area contributed by atoms with Gasteiger partial charge in [0, 0.05) is 24.2 Å². The van der Waals surface area contributed by atoms with Gasteiger partial charge in [0.25, 0.3) is 6.43 Å². The molecule has 0 saturated heterocycles. The normalized spacial score (nSPS) is 12.2. The van der Waals surface area contributed by atoms with Gasteiger partial charge >= 0.3 is 6.18 Å². The maximum atomic E-state index is 13.8. The van der Waals surface area contributed by atoms with Gasteiger partial charge in [0.1, 0.15) is 5.69 Å². The predicted molar refractivity (Wildman–Crippen MR) is 135 cm³/mol. The monoisotopic (exact) mass is 563 g/mol. The Morgan fingerprint density at radius 3 is 2.28 bits per heavy atom. The topological polar surface area (TPSA) is 79.6 Å². The molecule has 0 aliphatic rings. The quantitative estimate of drug-likeness (QED) is 0.263. The van der Waals surface area contributed by atoms with E-state index in [4.69, 9.17) is 0 Å². The van der Waals surface area contributed by atoms with Crippen molar-refractivity contribution in [1.82, 2.24) is 24.2 Å². The van der Waals surface area contributed by atoms with Crippen LogP contribution in [0.3, 0.4) is 0 Å². The van der Waals surface area contributed by atoms with E-state index in [-0.39, 0.29) is 33.9 Å². The van der Waals surface area contributed by atoms with E-state index in [1.165, 1.54) is 30.5 Å². The van der Waals surface area contributed by atoms with Crippen LogP contribution in [-0.2, 0) is 16.2 Å². The van der Waals surface area contributed by atoms with Crippen molar-refractivity contribution in [3.05, 3.63) is 83.2 Å². The maximum Gasteiger partial charge on any atom is 0.416 e. The molecule has 4 aromatic rings. The van der Waals surface area contributed by atoms with Crippen LogP contribution in [0, 0.1) is 11.8 Å². The van der Waals surface area contributed by atoms with Crippen molar-refractivity contribution in [1.29, 1.82) is 0 Å². The van der Waals surface area contributed by atoms with E-state index in [1.807, 2.05) is 19.0 Å². The van der Waals surface area contributed by atoms with E-state index in [0.717, 1.165) is 34.8 Å². The number of sulfonamides is 1. The second kappa shape index (κ2) is 11.1. The fraction of sp³-hybridized carbons (Fsp3) is 0.231. The highest BCUT2D eigenvalue weighted by atomic mass is 32.2. The average Bonchev–Trinajstić information content (AvgIpc) is 3.29. The fourth-order valence-corrected chi connectivity index (χ4v) is 4.57. The van der Waals surface area contributed by atoms with Crippen LogP contribution in [-0.4, -0.2) is 55.1 Å². The smallest absolute Gasteiger partial charge is 0.308 e. The minimum absolute atomic E-state index is 0.000474. The summed E-state index contributed by atoms with van der Waals surface area (Å²) in [7, 11) is -0.0473. The van der Waals surface area contributed by atoms with Gasteiger partial charge in [0.2, 0.25) is 10.0 Å². The Morgan fingerprint density at radius 1 is 1.03 bits per heavy atom. The van der Waals surface area contributed by atoms with E-state index in [9.17, 15) is 30.4 Å². The van der Waals surface area contributed by atoms with E-state index in [0.29, 0.717) is 12.1 Å². The minimum Gasteiger partial charge on any atom is -0.308 e. The number of likely N-dealkylation sites (N-methyl/N-ethyl adjacent to an activating group) is 1. The lowest BCUT2D eigenvalue weighted by Crippen LogP contribution is -2.31. The maximum absolute atomic E-state index is 13.8. The molecule has 0 unspecified atom stereocenters. The molecule has 7 nitrogen and oxygen atoms in total. The number of aromatic nitrogens is 3. The molecule has 0 spiro atoms. The number of alkyl halides is 5. The van der Waals surface area contributed by atoms with Gasteiger partial charge in [0.15, 0.2) is 5.65 Å². The van der Waals surface area contributed by atoms with Crippen molar-refractivity contribution in [2.45, 2.75) is 17.5 Å². The standard InChI is InChI=1S/C26H22F5N5O2S/c1-35(2)14-13-33-39(37,38)21-11-4-17(5-12-21)3-6-19-16-32-36-23(24(27)28)15-22(34-25(19)36)18-7-9-20(10-8-18)26(29,30)31/h4-5,7-12,15-16,24,33H,13-14H2,1-2H3. The SMILES string of the molecule is CN(C)CCNS(=O)(=O)c1ccc(C#Cc2cnn3c(C(F)F)cc(-c4ccc(C(F)(F)F)cc4)nc23)cc1. The van der Waals surface area contributed by atoms with Gasteiger partial charge in [-0.05, 0) is 56.6 Å². The molecule has 0 bridgehead atoms. The molecule has 4 rings (SSSR count). The molecule has 0 radical (unpaired) electrons. The van der Waals surface area contributed by atoms with Crippen LogP contribution in [0.4, 0.5) is 22.0 Å². The number of benzene rings is 2. The van der Waals surface area contributed by atoms with Gasteiger partial charge in [-0.15, -0.1) is 0 Å². The Morgan fingerprint density at radius 2 is 1.69 bits per heavy atom. The minimum atomic E-state index is -4.54. The molecule has 1 N–H and O–H groups in total. The van der Waals surface area contributed by atoms with Crippen molar-refractivity contribution < 1.29 is 30.4 Å². The van der Waals surface area contributed by atoms with Crippen LogP contribution < -0.4 is 4.72 Å². The van der Waals surface area contributed by atoms with Crippen molar-refractivity contribution in [2.75, 3.05) is 27.2 Å². The molecule has 2 aromatic carbocycles. The van der Waals surface area contributed by atoms with Gasteiger partial charge in [-0.1, -0.05) is 24.0 Å². The van der Waals surface area contributed by atoms with Crippen LogP contribution in [0.2, 0.25) is 0 Å². The first-order valence-corrected chi connectivity index (χ1v) is 12.9. The lowest BCUT2D eigenvalue weighted by molar-refractivity contribution is -0.137. The number of halogens is 5. The molecule has 0 aliphatic carbocycles. The third-order valence-electron chi connectivity index (χ3n) is 5.59. The second-order valence-electron chi connectivity index (χ2n) is 8.71. The Hall–Kier alpha value is -3.86. The molecule has 204 valence electrons.